The number of carboxylic acid groups (broad SMARTS) is 1. The Morgan fingerprint density at radius 1 is 1.12 bits per heavy atom. The van der Waals surface area contributed by atoms with Gasteiger partial charge >= 0.3 is 5.97 Å². The van der Waals surface area contributed by atoms with Crippen LogP contribution in [0.15, 0.2) is 48.5 Å². The van der Waals surface area contributed by atoms with Gasteiger partial charge in [-0.3, -0.25) is 9.59 Å². The van der Waals surface area contributed by atoms with E-state index in [9.17, 15) is 14.7 Å². The lowest BCUT2D eigenvalue weighted by atomic mass is 9.80. The molecule has 2 atom stereocenters. The third kappa shape index (κ3) is 3.15. The van der Waals surface area contributed by atoms with Gasteiger partial charge in [-0.25, -0.2) is 0 Å². The van der Waals surface area contributed by atoms with E-state index in [1.165, 1.54) is 0 Å². The molecule has 0 aliphatic carbocycles. The van der Waals surface area contributed by atoms with Crippen LogP contribution in [0, 0.1) is 0 Å². The topological polar surface area (TPSA) is 76.1 Å². The maximum absolute atomic E-state index is 13.1. The summed E-state index contributed by atoms with van der Waals surface area (Å²) >= 11 is 0. The zero-order valence-corrected chi connectivity index (χ0v) is 14.7. The van der Waals surface area contributed by atoms with Crippen molar-refractivity contribution in [1.82, 2.24) is 4.90 Å². The van der Waals surface area contributed by atoms with Gasteiger partial charge in [-0.15, -0.1) is 0 Å². The first-order valence-corrected chi connectivity index (χ1v) is 8.34. The fourth-order valence-corrected chi connectivity index (χ4v) is 3.47. The molecule has 1 amide bonds. The van der Waals surface area contributed by atoms with Gasteiger partial charge in [0.1, 0.15) is 11.7 Å². The molecule has 1 aliphatic rings. The van der Waals surface area contributed by atoms with Crippen LogP contribution in [0.25, 0.3) is 0 Å². The maximum Gasteiger partial charge on any atom is 0.313 e. The number of aliphatic carboxylic acids is 1. The number of hydrogen-bond acceptors (Lipinski definition) is 4. The van der Waals surface area contributed by atoms with Gasteiger partial charge in [-0.1, -0.05) is 30.3 Å². The Labute approximate surface area is 152 Å². The van der Waals surface area contributed by atoms with Gasteiger partial charge in [-0.05, 0) is 29.3 Å². The highest BCUT2D eigenvalue weighted by Crippen LogP contribution is 2.42. The molecule has 3 rings (SSSR count). The first-order valence-electron chi connectivity index (χ1n) is 8.34. The van der Waals surface area contributed by atoms with Crippen LogP contribution in [-0.4, -0.2) is 49.3 Å². The maximum atomic E-state index is 13.1. The van der Waals surface area contributed by atoms with Gasteiger partial charge < -0.3 is 19.5 Å². The molecule has 0 saturated carbocycles. The van der Waals surface area contributed by atoms with Crippen LogP contribution in [0.1, 0.15) is 33.4 Å². The minimum absolute atomic E-state index is 0.184. The highest BCUT2D eigenvalue weighted by Gasteiger charge is 2.43. The summed E-state index contributed by atoms with van der Waals surface area (Å²) in [5, 5.41) is 9.95. The van der Waals surface area contributed by atoms with Crippen LogP contribution in [0.4, 0.5) is 0 Å². The van der Waals surface area contributed by atoms with E-state index in [0.717, 1.165) is 5.56 Å². The summed E-state index contributed by atoms with van der Waals surface area (Å²) in [6.07, 6.45) is 0. The molecule has 6 heteroatoms. The van der Waals surface area contributed by atoms with Crippen molar-refractivity contribution in [2.45, 2.75) is 12.0 Å². The average Bonchev–Trinajstić information content (AvgIpc) is 2.67. The Balaban J connectivity index is 2.14. The third-order valence-corrected chi connectivity index (χ3v) is 4.70. The number of fused-ring (bicyclic) bond motifs is 1. The molecule has 2 aromatic carbocycles. The van der Waals surface area contributed by atoms with Crippen molar-refractivity contribution in [2.24, 2.45) is 0 Å². The van der Waals surface area contributed by atoms with Crippen molar-refractivity contribution in [3.8, 4) is 5.75 Å². The lowest BCUT2D eigenvalue weighted by molar-refractivity contribution is -0.140. The van der Waals surface area contributed by atoms with E-state index in [-0.39, 0.29) is 5.91 Å². The molecular weight excluding hydrogens is 334 g/mol. The van der Waals surface area contributed by atoms with Crippen LogP contribution >= 0.6 is 0 Å². The van der Waals surface area contributed by atoms with Crippen molar-refractivity contribution in [3.63, 3.8) is 0 Å². The van der Waals surface area contributed by atoms with Crippen LogP contribution in [0.3, 0.4) is 0 Å². The summed E-state index contributed by atoms with van der Waals surface area (Å²) in [5.41, 5.74) is 1.72. The summed E-state index contributed by atoms with van der Waals surface area (Å²) in [5.74, 6) is -1.33. The fourth-order valence-electron chi connectivity index (χ4n) is 3.47. The van der Waals surface area contributed by atoms with Gasteiger partial charge in [0, 0.05) is 19.2 Å². The van der Waals surface area contributed by atoms with E-state index < -0.39 is 17.9 Å². The third-order valence-electron chi connectivity index (χ3n) is 4.70. The quantitative estimate of drug-likeness (QED) is 0.862. The Hall–Kier alpha value is -2.86. The zero-order valence-electron chi connectivity index (χ0n) is 14.7. The van der Waals surface area contributed by atoms with Crippen LogP contribution in [0.2, 0.25) is 0 Å². The molecule has 136 valence electrons. The molecule has 0 aromatic heterocycles. The normalized spacial score (nSPS) is 19.2. The molecule has 0 fully saturated rings. The smallest absolute Gasteiger partial charge is 0.313 e. The van der Waals surface area contributed by atoms with E-state index in [2.05, 4.69) is 0 Å². The van der Waals surface area contributed by atoms with Gasteiger partial charge in [0.2, 0.25) is 0 Å². The average molecular weight is 355 g/mol. The molecule has 1 heterocycles. The Kier molecular flexibility index (Phi) is 5.23. The second-order valence-electron chi connectivity index (χ2n) is 6.11. The highest BCUT2D eigenvalue weighted by molar-refractivity contribution is 6.00. The van der Waals surface area contributed by atoms with Crippen molar-refractivity contribution in [2.75, 3.05) is 27.4 Å². The molecule has 2 unspecified atom stereocenters. The molecule has 0 bridgehead atoms. The van der Waals surface area contributed by atoms with Crippen LogP contribution < -0.4 is 4.74 Å². The number of hydrogen-bond donors (Lipinski definition) is 1. The molecule has 0 spiro atoms. The van der Waals surface area contributed by atoms with Gasteiger partial charge in [-0.2, -0.15) is 0 Å². The molecule has 6 nitrogen and oxygen atoms in total. The number of carbonyl (C=O) groups is 2. The molecular formula is C20H21NO5. The van der Waals surface area contributed by atoms with Crippen molar-refractivity contribution < 1.29 is 24.2 Å². The van der Waals surface area contributed by atoms with Crippen molar-refractivity contribution >= 4 is 11.9 Å². The molecule has 0 radical (unpaired) electrons. The van der Waals surface area contributed by atoms with Crippen molar-refractivity contribution in [1.29, 1.82) is 0 Å². The predicted molar refractivity (Wildman–Crippen MR) is 95.5 cm³/mol. The standard InChI is InChI=1S/C20H21NO5/c1-25-12-11-21-18(13-7-9-14(26-2)10-8-13)17(20(23)24)15-5-3-4-6-16(15)19(21)22/h3-10,17-18H,11-12H2,1-2H3,(H,23,24). The number of carbonyl (C=O) groups excluding carboxylic acids is 1. The Morgan fingerprint density at radius 2 is 1.81 bits per heavy atom. The summed E-state index contributed by atoms with van der Waals surface area (Å²) in [6.45, 7) is 0.636. The van der Waals surface area contributed by atoms with Gasteiger partial charge in [0.15, 0.2) is 0 Å². The second kappa shape index (κ2) is 7.58. The Bertz CT molecular complexity index is 802. The summed E-state index contributed by atoms with van der Waals surface area (Å²) in [7, 11) is 3.12. The number of nitrogens with zero attached hydrogens (tertiary/aromatic N) is 1. The molecule has 0 saturated heterocycles. The number of amides is 1. The second-order valence-corrected chi connectivity index (χ2v) is 6.11. The monoisotopic (exact) mass is 355 g/mol. The summed E-state index contributed by atoms with van der Waals surface area (Å²) in [4.78, 5) is 26.8. The van der Waals surface area contributed by atoms with E-state index in [0.29, 0.717) is 30.0 Å². The van der Waals surface area contributed by atoms with E-state index in [1.54, 1.807) is 67.7 Å². The molecule has 1 aliphatic heterocycles. The van der Waals surface area contributed by atoms with E-state index in [4.69, 9.17) is 9.47 Å². The van der Waals surface area contributed by atoms with E-state index >= 15 is 0 Å². The number of carboxylic acids is 1. The summed E-state index contributed by atoms with van der Waals surface area (Å²) in [6, 6.07) is 13.4. The minimum atomic E-state index is -0.965. The first-order chi connectivity index (χ1) is 12.6. The number of rotatable bonds is 6. The van der Waals surface area contributed by atoms with Crippen LogP contribution in [0.5, 0.6) is 5.75 Å². The fraction of sp³-hybridized carbons (Fsp3) is 0.300. The molecule has 26 heavy (non-hydrogen) atoms. The van der Waals surface area contributed by atoms with Gasteiger partial charge in [0.25, 0.3) is 5.91 Å². The van der Waals surface area contributed by atoms with E-state index in [1.807, 2.05) is 0 Å². The van der Waals surface area contributed by atoms with Gasteiger partial charge in [0.05, 0.1) is 19.8 Å². The minimum Gasteiger partial charge on any atom is -0.497 e. The number of benzene rings is 2. The largest absolute Gasteiger partial charge is 0.497 e. The Morgan fingerprint density at radius 3 is 2.42 bits per heavy atom. The first kappa shape index (κ1) is 17.9. The number of methoxy groups -OCH3 is 2. The highest BCUT2D eigenvalue weighted by atomic mass is 16.5. The lowest BCUT2D eigenvalue weighted by Crippen LogP contribution is -2.46. The lowest BCUT2D eigenvalue weighted by Gasteiger charge is -2.40. The predicted octanol–water partition coefficient (Wildman–Crippen LogP) is 2.71. The van der Waals surface area contributed by atoms with Crippen molar-refractivity contribution in [3.05, 3.63) is 65.2 Å². The SMILES string of the molecule is COCCN1C(=O)c2ccccc2C(C(=O)O)C1c1ccc(OC)cc1. The van der Waals surface area contributed by atoms with Crippen LogP contribution in [-0.2, 0) is 9.53 Å². The zero-order chi connectivity index (χ0) is 18.7. The molecule has 2 aromatic rings. The number of ether oxygens (including phenoxy) is 2. The molecule has 1 N–H and O–H groups in total. The summed E-state index contributed by atoms with van der Waals surface area (Å²) < 4.78 is 10.3.